The maximum Gasteiger partial charge on any atom is 0.329 e. The molecule has 0 saturated heterocycles. The maximum atomic E-state index is 12.5. The highest BCUT2D eigenvalue weighted by atomic mass is 32.2. The van der Waals surface area contributed by atoms with Gasteiger partial charge in [-0.05, 0) is 56.0 Å². The maximum absolute atomic E-state index is 12.5. The van der Waals surface area contributed by atoms with E-state index in [0.29, 0.717) is 23.4 Å². The van der Waals surface area contributed by atoms with E-state index in [1.807, 2.05) is 44.4 Å². The minimum absolute atomic E-state index is 0.346. The SMILES string of the molecule is CSCC[C@H](NC(=O)c1cccc(C)c1)C(=O)OCC(=O)Nc1ccccc1C. The molecule has 0 heterocycles. The largest absolute Gasteiger partial charge is 0.454 e. The first-order valence-corrected chi connectivity index (χ1v) is 10.7. The molecule has 0 spiro atoms. The Morgan fingerprint density at radius 1 is 1.07 bits per heavy atom. The van der Waals surface area contributed by atoms with Gasteiger partial charge in [0.2, 0.25) is 0 Å². The van der Waals surface area contributed by atoms with Crippen LogP contribution in [-0.2, 0) is 14.3 Å². The number of nitrogens with one attached hydrogen (secondary N) is 2. The molecule has 2 rings (SSSR count). The quantitative estimate of drug-likeness (QED) is 0.615. The number of carbonyl (C=O) groups excluding carboxylic acids is 3. The molecule has 0 saturated carbocycles. The van der Waals surface area contributed by atoms with Crippen molar-refractivity contribution in [2.75, 3.05) is 23.9 Å². The first-order chi connectivity index (χ1) is 13.9. The number of ether oxygens (including phenoxy) is 1. The molecule has 0 aliphatic rings. The van der Waals surface area contributed by atoms with E-state index >= 15 is 0 Å². The second kappa shape index (κ2) is 11.3. The number of anilines is 1. The minimum atomic E-state index is -0.818. The summed E-state index contributed by atoms with van der Waals surface area (Å²) in [6, 6.07) is 13.6. The minimum Gasteiger partial charge on any atom is -0.454 e. The fourth-order valence-electron chi connectivity index (χ4n) is 2.65. The molecular weight excluding hydrogens is 388 g/mol. The molecule has 1 atom stereocenters. The van der Waals surface area contributed by atoms with Crippen molar-refractivity contribution >= 4 is 35.2 Å². The molecule has 154 valence electrons. The smallest absolute Gasteiger partial charge is 0.329 e. The molecule has 0 unspecified atom stereocenters. The molecular formula is C22H26N2O4S. The number of benzene rings is 2. The Labute approximate surface area is 175 Å². The third-order valence-corrected chi connectivity index (χ3v) is 4.89. The summed E-state index contributed by atoms with van der Waals surface area (Å²) in [6.45, 7) is 3.35. The number of carbonyl (C=O) groups is 3. The van der Waals surface area contributed by atoms with Crippen molar-refractivity contribution in [3.05, 3.63) is 65.2 Å². The van der Waals surface area contributed by atoms with Crippen molar-refractivity contribution in [3.63, 3.8) is 0 Å². The van der Waals surface area contributed by atoms with E-state index < -0.39 is 24.5 Å². The lowest BCUT2D eigenvalue weighted by Gasteiger charge is -2.17. The Kier molecular flexibility index (Phi) is 8.73. The van der Waals surface area contributed by atoms with E-state index in [0.717, 1.165) is 11.1 Å². The van der Waals surface area contributed by atoms with Crippen molar-refractivity contribution in [2.24, 2.45) is 0 Å². The van der Waals surface area contributed by atoms with Crippen molar-refractivity contribution in [3.8, 4) is 0 Å². The Bertz CT molecular complexity index is 869. The second-order valence-electron chi connectivity index (χ2n) is 6.65. The summed E-state index contributed by atoms with van der Waals surface area (Å²) in [7, 11) is 0. The number of hydrogen-bond acceptors (Lipinski definition) is 5. The lowest BCUT2D eigenvalue weighted by atomic mass is 10.1. The van der Waals surface area contributed by atoms with Crippen molar-refractivity contribution < 1.29 is 19.1 Å². The summed E-state index contributed by atoms with van der Waals surface area (Å²) in [5.41, 5.74) is 3.01. The van der Waals surface area contributed by atoms with Crippen LogP contribution in [0.4, 0.5) is 5.69 Å². The molecule has 0 bridgehead atoms. The highest BCUT2D eigenvalue weighted by molar-refractivity contribution is 7.98. The van der Waals surface area contributed by atoms with Crippen LogP contribution in [-0.4, -0.2) is 42.4 Å². The Morgan fingerprint density at radius 2 is 1.83 bits per heavy atom. The Hall–Kier alpha value is -2.80. The normalized spacial score (nSPS) is 11.4. The predicted octanol–water partition coefficient (Wildman–Crippen LogP) is 3.34. The second-order valence-corrected chi connectivity index (χ2v) is 7.63. The van der Waals surface area contributed by atoms with Crippen LogP contribution in [0.2, 0.25) is 0 Å². The topological polar surface area (TPSA) is 84.5 Å². The monoisotopic (exact) mass is 414 g/mol. The van der Waals surface area contributed by atoms with Gasteiger partial charge in [0.1, 0.15) is 6.04 Å². The Morgan fingerprint density at radius 3 is 2.52 bits per heavy atom. The molecule has 0 aliphatic carbocycles. The molecule has 2 aromatic rings. The zero-order valence-corrected chi connectivity index (χ0v) is 17.7. The van der Waals surface area contributed by atoms with Crippen LogP contribution < -0.4 is 10.6 Å². The van der Waals surface area contributed by atoms with Crippen LogP contribution in [0.5, 0.6) is 0 Å². The van der Waals surface area contributed by atoms with Gasteiger partial charge in [-0.1, -0.05) is 35.9 Å². The van der Waals surface area contributed by atoms with Crippen molar-refractivity contribution in [1.82, 2.24) is 5.32 Å². The number of rotatable bonds is 9. The highest BCUT2D eigenvalue weighted by Crippen LogP contribution is 2.13. The van der Waals surface area contributed by atoms with Gasteiger partial charge in [0.15, 0.2) is 6.61 Å². The zero-order valence-electron chi connectivity index (χ0n) is 16.9. The van der Waals surface area contributed by atoms with Gasteiger partial charge >= 0.3 is 5.97 Å². The van der Waals surface area contributed by atoms with Crippen LogP contribution in [0, 0.1) is 13.8 Å². The van der Waals surface area contributed by atoms with Gasteiger partial charge in [0.05, 0.1) is 0 Å². The molecule has 7 heteroatoms. The van der Waals surface area contributed by atoms with Gasteiger partial charge in [-0.25, -0.2) is 4.79 Å². The number of hydrogen-bond donors (Lipinski definition) is 2. The molecule has 6 nitrogen and oxygen atoms in total. The number of thioether (sulfide) groups is 1. The van der Waals surface area contributed by atoms with Gasteiger partial charge in [-0.2, -0.15) is 11.8 Å². The first-order valence-electron chi connectivity index (χ1n) is 9.29. The molecule has 0 radical (unpaired) electrons. The summed E-state index contributed by atoms with van der Waals surface area (Å²) in [4.78, 5) is 37.1. The summed E-state index contributed by atoms with van der Waals surface area (Å²) >= 11 is 1.56. The van der Waals surface area contributed by atoms with Crippen LogP contribution in [0.3, 0.4) is 0 Å². The lowest BCUT2D eigenvalue weighted by molar-refractivity contribution is -0.149. The standard InChI is InChI=1S/C22H26N2O4S/c1-15-7-6-9-17(13-15)21(26)24-19(11-12-29-3)22(27)28-14-20(25)23-18-10-5-4-8-16(18)2/h4-10,13,19H,11-12,14H2,1-3H3,(H,23,25)(H,24,26)/t19-/m0/s1. The number of aryl methyl sites for hydroxylation is 2. The molecule has 2 N–H and O–H groups in total. The van der Waals surface area contributed by atoms with Gasteiger partial charge in [0.25, 0.3) is 11.8 Å². The van der Waals surface area contributed by atoms with Gasteiger partial charge in [0, 0.05) is 11.3 Å². The molecule has 0 aliphatic heterocycles. The van der Waals surface area contributed by atoms with E-state index in [1.165, 1.54) is 0 Å². The van der Waals surface area contributed by atoms with Crippen LogP contribution in [0.25, 0.3) is 0 Å². The zero-order chi connectivity index (χ0) is 21.2. The molecule has 29 heavy (non-hydrogen) atoms. The van der Waals surface area contributed by atoms with E-state index in [2.05, 4.69) is 10.6 Å². The third kappa shape index (κ3) is 7.27. The predicted molar refractivity (Wildman–Crippen MR) is 116 cm³/mol. The first kappa shape index (κ1) is 22.5. The summed E-state index contributed by atoms with van der Waals surface area (Å²) in [6.07, 6.45) is 2.33. The van der Waals surface area contributed by atoms with Gasteiger partial charge in [-0.15, -0.1) is 0 Å². The van der Waals surface area contributed by atoms with Crippen molar-refractivity contribution in [1.29, 1.82) is 0 Å². The average molecular weight is 415 g/mol. The van der Waals surface area contributed by atoms with E-state index in [-0.39, 0.29) is 5.91 Å². The van der Waals surface area contributed by atoms with Crippen LogP contribution in [0.15, 0.2) is 48.5 Å². The van der Waals surface area contributed by atoms with Crippen molar-refractivity contribution in [2.45, 2.75) is 26.3 Å². The van der Waals surface area contributed by atoms with E-state index in [1.54, 1.807) is 36.0 Å². The molecule has 0 fully saturated rings. The van der Waals surface area contributed by atoms with Gasteiger partial charge < -0.3 is 15.4 Å². The van der Waals surface area contributed by atoms with E-state index in [9.17, 15) is 14.4 Å². The van der Waals surface area contributed by atoms with Gasteiger partial charge in [-0.3, -0.25) is 9.59 Å². The summed E-state index contributed by atoms with van der Waals surface area (Å²) < 4.78 is 5.16. The number of amides is 2. The fraction of sp³-hybridized carbons (Fsp3) is 0.318. The molecule has 2 aromatic carbocycles. The molecule has 0 aromatic heterocycles. The van der Waals surface area contributed by atoms with Crippen LogP contribution in [0.1, 0.15) is 27.9 Å². The summed E-state index contributed by atoms with van der Waals surface area (Å²) in [5, 5.41) is 5.43. The Balaban J connectivity index is 1.94. The number of esters is 1. The summed E-state index contributed by atoms with van der Waals surface area (Å²) in [5.74, 6) is -0.731. The van der Waals surface area contributed by atoms with Crippen LogP contribution >= 0.6 is 11.8 Å². The average Bonchev–Trinajstić information content (AvgIpc) is 2.70. The number of para-hydroxylation sites is 1. The highest BCUT2D eigenvalue weighted by Gasteiger charge is 2.23. The third-order valence-electron chi connectivity index (χ3n) is 4.25. The lowest BCUT2D eigenvalue weighted by Crippen LogP contribution is -2.43. The molecule has 2 amide bonds. The van der Waals surface area contributed by atoms with E-state index in [4.69, 9.17) is 4.74 Å². The fourth-order valence-corrected chi connectivity index (χ4v) is 3.12.